The minimum absolute atomic E-state index is 0.0186. The Morgan fingerprint density at radius 2 is 1.52 bits per heavy atom. The molecule has 140 valence electrons. The first-order chi connectivity index (χ1) is 12.0. The zero-order valence-electron chi connectivity index (χ0n) is 14.7. The summed E-state index contributed by atoms with van der Waals surface area (Å²) >= 11 is 0. The minimum atomic E-state index is -1.02. The Morgan fingerprint density at radius 1 is 0.920 bits per heavy atom. The monoisotopic (exact) mass is 350 g/mol. The molecule has 0 aromatic carbocycles. The molecule has 0 aromatic rings. The summed E-state index contributed by atoms with van der Waals surface area (Å²) in [5.74, 6) is -0.911. The van der Waals surface area contributed by atoms with Crippen molar-refractivity contribution in [2.75, 3.05) is 0 Å². The van der Waals surface area contributed by atoms with Gasteiger partial charge in [0.1, 0.15) is 0 Å². The first-order valence-electron chi connectivity index (χ1n) is 8.56. The number of rotatable bonds is 13. The van der Waals surface area contributed by atoms with E-state index in [0.717, 1.165) is 6.42 Å². The lowest BCUT2D eigenvalue weighted by Gasteiger charge is -2.13. The van der Waals surface area contributed by atoms with Gasteiger partial charge in [-0.15, -0.1) is 0 Å². The quantitative estimate of drug-likeness (QED) is 0.302. The summed E-state index contributed by atoms with van der Waals surface area (Å²) in [6.07, 6.45) is 17.2. The fraction of sp³-hybridized carbons (Fsp3) is 0.450. The highest BCUT2D eigenvalue weighted by Crippen LogP contribution is 2.06. The summed E-state index contributed by atoms with van der Waals surface area (Å²) in [6.45, 7) is 2.04. The molecule has 0 fully saturated rings. The van der Waals surface area contributed by atoms with Crippen LogP contribution in [0.25, 0.3) is 0 Å². The number of allylic oxidation sites excluding steroid dienone is 7. The molecule has 0 aliphatic heterocycles. The molecule has 3 atom stereocenters. The van der Waals surface area contributed by atoms with Gasteiger partial charge in [0.05, 0.1) is 18.3 Å². The molecule has 0 spiro atoms. The molecule has 0 radical (unpaired) electrons. The Morgan fingerprint density at radius 3 is 2.12 bits per heavy atom. The van der Waals surface area contributed by atoms with Crippen molar-refractivity contribution < 1.29 is 25.2 Å². The summed E-state index contributed by atoms with van der Waals surface area (Å²) in [5, 5.41) is 37.5. The van der Waals surface area contributed by atoms with Gasteiger partial charge in [0.15, 0.2) is 0 Å². The van der Waals surface area contributed by atoms with E-state index in [4.69, 9.17) is 5.11 Å². The van der Waals surface area contributed by atoms with Crippen LogP contribution >= 0.6 is 0 Å². The molecule has 2 unspecified atom stereocenters. The van der Waals surface area contributed by atoms with Crippen molar-refractivity contribution in [1.29, 1.82) is 0 Å². The number of carboxylic acids is 1. The summed E-state index contributed by atoms with van der Waals surface area (Å²) in [6, 6.07) is 0. The van der Waals surface area contributed by atoms with E-state index in [2.05, 4.69) is 0 Å². The lowest BCUT2D eigenvalue weighted by molar-refractivity contribution is -0.137. The molecule has 0 aromatic heterocycles. The van der Waals surface area contributed by atoms with Crippen molar-refractivity contribution in [2.24, 2.45) is 0 Å². The van der Waals surface area contributed by atoms with Crippen LogP contribution in [0.1, 0.15) is 39.0 Å². The van der Waals surface area contributed by atoms with Gasteiger partial charge < -0.3 is 20.4 Å². The highest BCUT2D eigenvalue weighted by molar-refractivity contribution is 5.66. The second kappa shape index (κ2) is 15.6. The maximum atomic E-state index is 10.4. The second-order valence-electron chi connectivity index (χ2n) is 5.57. The number of carboxylic acid groups (broad SMARTS) is 1. The lowest BCUT2D eigenvalue weighted by atomic mass is 10.1. The van der Waals surface area contributed by atoms with Crippen LogP contribution in [0.3, 0.4) is 0 Å². The van der Waals surface area contributed by atoms with Gasteiger partial charge in [-0.1, -0.05) is 67.7 Å². The van der Waals surface area contributed by atoms with Gasteiger partial charge in [-0.3, -0.25) is 4.79 Å². The highest BCUT2D eigenvalue weighted by Gasteiger charge is 2.12. The predicted octanol–water partition coefficient (Wildman–Crippen LogP) is 2.91. The molecule has 0 bridgehead atoms. The molecule has 0 saturated heterocycles. The molecule has 0 aliphatic rings. The third kappa shape index (κ3) is 15.3. The van der Waals surface area contributed by atoms with E-state index in [1.165, 1.54) is 6.08 Å². The average molecular weight is 350 g/mol. The van der Waals surface area contributed by atoms with E-state index in [-0.39, 0.29) is 12.8 Å². The molecule has 0 rings (SSSR count). The molecule has 5 nitrogen and oxygen atoms in total. The first-order valence-corrected chi connectivity index (χ1v) is 8.56. The van der Waals surface area contributed by atoms with E-state index in [9.17, 15) is 20.1 Å². The Labute approximate surface area is 150 Å². The van der Waals surface area contributed by atoms with Gasteiger partial charge in [0, 0.05) is 6.42 Å². The SMILES string of the molecule is CC/C=C/CC(O)\C=C/C=C/C=C/C=C/[C@@H](O)C(O)CCCC(=O)O. The van der Waals surface area contributed by atoms with Crippen molar-refractivity contribution in [3.05, 3.63) is 60.8 Å². The van der Waals surface area contributed by atoms with Crippen molar-refractivity contribution in [2.45, 2.75) is 57.3 Å². The Balaban J connectivity index is 4.02. The van der Waals surface area contributed by atoms with Crippen molar-refractivity contribution in [1.82, 2.24) is 0 Å². The summed E-state index contributed by atoms with van der Waals surface area (Å²) < 4.78 is 0. The molecule has 0 amide bonds. The lowest BCUT2D eigenvalue weighted by Crippen LogP contribution is -2.23. The normalized spacial score (nSPS) is 16.6. The van der Waals surface area contributed by atoms with Crippen LogP contribution in [-0.2, 0) is 4.79 Å². The van der Waals surface area contributed by atoms with Gasteiger partial charge in [0.2, 0.25) is 0 Å². The van der Waals surface area contributed by atoms with Crippen LogP contribution in [0, 0.1) is 0 Å². The minimum Gasteiger partial charge on any atom is -0.481 e. The van der Waals surface area contributed by atoms with Crippen molar-refractivity contribution >= 4 is 5.97 Å². The summed E-state index contributed by atoms with van der Waals surface area (Å²) in [4.78, 5) is 10.4. The van der Waals surface area contributed by atoms with Crippen LogP contribution in [0.2, 0.25) is 0 Å². The number of aliphatic carboxylic acids is 1. The number of carbonyl (C=O) groups is 1. The van der Waals surface area contributed by atoms with Gasteiger partial charge >= 0.3 is 5.97 Å². The molecular formula is C20H30O5. The maximum absolute atomic E-state index is 10.4. The van der Waals surface area contributed by atoms with Crippen LogP contribution in [0.4, 0.5) is 0 Å². The number of aliphatic hydroxyl groups is 3. The smallest absolute Gasteiger partial charge is 0.303 e. The molecule has 0 saturated carbocycles. The fourth-order valence-electron chi connectivity index (χ4n) is 1.87. The largest absolute Gasteiger partial charge is 0.481 e. The third-order valence-electron chi connectivity index (χ3n) is 3.26. The topological polar surface area (TPSA) is 98.0 Å². The Kier molecular flexibility index (Phi) is 14.4. The molecule has 5 heteroatoms. The average Bonchev–Trinajstić information content (AvgIpc) is 2.56. The number of hydrogen-bond acceptors (Lipinski definition) is 4. The number of aliphatic hydroxyl groups excluding tert-OH is 3. The van der Waals surface area contributed by atoms with Gasteiger partial charge in [-0.25, -0.2) is 0 Å². The highest BCUT2D eigenvalue weighted by atomic mass is 16.4. The van der Waals surface area contributed by atoms with Crippen LogP contribution < -0.4 is 0 Å². The van der Waals surface area contributed by atoms with Crippen LogP contribution in [0.15, 0.2) is 60.8 Å². The standard InChI is InChI=1S/C20H30O5/c1-2-3-8-12-17(21)13-9-6-4-5-7-10-14-18(22)19(23)15-11-16-20(24)25/h3-10,13-14,17-19,21-23H,2,11-12,15-16H2,1H3,(H,24,25)/b6-4+,7-5+,8-3+,13-9-,14-10+/t17?,18-,19?/m1/s1. The van der Waals surface area contributed by atoms with E-state index in [0.29, 0.717) is 12.8 Å². The zero-order chi connectivity index (χ0) is 18.9. The third-order valence-corrected chi connectivity index (χ3v) is 3.26. The van der Waals surface area contributed by atoms with Gasteiger partial charge in [0.25, 0.3) is 0 Å². The van der Waals surface area contributed by atoms with Gasteiger partial charge in [-0.2, -0.15) is 0 Å². The summed E-state index contributed by atoms with van der Waals surface area (Å²) in [7, 11) is 0. The fourth-order valence-corrected chi connectivity index (χ4v) is 1.87. The van der Waals surface area contributed by atoms with E-state index in [1.807, 2.05) is 19.1 Å². The zero-order valence-corrected chi connectivity index (χ0v) is 14.7. The first kappa shape index (κ1) is 23.1. The van der Waals surface area contributed by atoms with Crippen LogP contribution in [0.5, 0.6) is 0 Å². The van der Waals surface area contributed by atoms with E-state index in [1.54, 1.807) is 42.5 Å². The van der Waals surface area contributed by atoms with E-state index >= 15 is 0 Å². The predicted molar refractivity (Wildman–Crippen MR) is 100 cm³/mol. The molecule has 4 N–H and O–H groups in total. The second-order valence-corrected chi connectivity index (χ2v) is 5.57. The Bertz CT molecular complexity index is 488. The molecule has 25 heavy (non-hydrogen) atoms. The molecular weight excluding hydrogens is 320 g/mol. The van der Waals surface area contributed by atoms with E-state index < -0.39 is 24.3 Å². The molecule has 0 heterocycles. The maximum Gasteiger partial charge on any atom is 0.303 e. The molecule has 0 aliphatic carbocycles. The van der Waals surface area contributed by atoms with Gasteiger partial charge in [-0.05, 0) is 25.7 Å². The Hall–Kier alpha value is -1.95. The number of hydrogen-bond donors (Lipinski definition) is 4. The van der Waals surface area contributed by atoms with Crippen molar-refractivity contribution in [3.8, 4) is 0 Å². The summed E-state index contributed by atoms with van der Waals surface area (Å²) in [5.41, 5.74) is 0. The van der Waals surface area contributed by atoms with Crippen molar-refractivity contribution in [3.63, 3.8) is 0 Å². The van der Waals surface area contributed by atoms with Crippen LogP contribution in [-0.4, -0.2) is 44.7 Å².